The average Bonchev–Trinajstić information content (AvgIpc) is 2.55. The molecule has 0 atom stereocenters. The van der Waals surface area contributed by atoms with Gasteiger partial charge in [0, 0.05) is 15.6 Å². The lowest BCUT2D eigenvalue weighted by molar-refractivity contribution is 0.0955. The van der Waals surface area contributed by atoms with E-state index in [1.165, 1.54) is 6.21 Å². The maximum atomic E-state index is 12.0. The largest absolute Gasteiger partial charge is 0.497 e. The van der Waals surface area contributed by atoms with Gasteiger partial charge in [-0.3, -0.25) is 4.79 Å². The molecule has 0 aromatic heterocycles. The minimum atomic E-state index is -0.316. The number of carbonyl (C=O) groups is 1. The molecule has 0 unspecified atom stereocenters. The first-order chi connectivity index (χ1) is 10.6. The third kappa shape index (κ3) is 4.08. The van der Waals surface area contributed by atoms with E-state index in [-0.39, 0.29) is 5.91 Å². The quantitative estimate of drug-likeness (QED) is 0.656. The van der Waals surface area contributed by atoms with Crippen LogP contribution in [0.4, 0.5) is 0 Å². The van der Waals surface area contributed by atoms with Crippen LogP contribution in [0.2, 0.25) is 0 Å². The highest BCUT2D eigenvalue weighted by Gasteiger charge is 2.05. The lowest BCUT2D eigenvalue weighted by Crippen LogP contribution is -2.17. The molecule has 22 heavy (non-hydrogen) atoms. The number of rotatable bonds is 5. The van der Waals surface area contributed by atoms with Crippen LogP contribution in [-0.4, -0.2) is 26.3 Å². The molecule has 2 rings (SSSR count). The first-order valence-corrected chi connectivity index (χ1v) is 7.24. The Morgan fingerprint density at radius 3 is 2.73 bits per heavy atom. The SMILES string of the molecule is COc1cccc(C(=O)NN=Cc2cc(Br)ccc2OC)c1. The van der Waals surface area contributed by atoms with Crippen molar-refractivity contribution in [2.45, 2.75) is 0 Å². The second-order valence-electron chi connectivity index (χ2n) is 4.32. The smallest absolute Gasteiger partial charge is 0.271 e. The van der Waals surface area contributed by atoms with Crippen LogP contribution in [0.25, 0.3) is 0 Å². The van der Waals surface area contributed by atoms with E-state index in [1.54, 1.807) is 38.5 Å². The van der Waals surface area contributed by atoms with E-state index >= 15 is 0 Å². The Hall–Kier alpha value is -2.34. The molecule has 2 aromatic rings. The summed E-state index contributed by atoms with van der Waals surface area (Å²) in [5, 5.41) is 3.96. The zero-order valence-electron chi connectivity index (χ0n) is 12.2. The number of nitrogens with zero attached hydrogens (tertiary/aromatic N) is 1. The van der Waals surface area contributed by atoms with Gasteiger partial charge in [0.1, 0.15) is 11.5 Å². The molecule has 0 aliphatic heterocycles. The van der Waals surface area contributed by atoms with Crippen molar-refractivity contribution < 1.29 is 14.3 Å². The Morgan fingerprint density at radius 1 is 1.18 bits per heavy atom. The van der Waals surface area contributed by atoms with Crippen LogP contribution in [0.1, 0.15) is 15.9 Å². The zero-order chi connectivity index (χ0) is 15.9. The van der Waals surface area contributed by atoms with Crippen molar-refractivity contribution in [3.05, 3.63) is 58.1 Å². The minimum absolute atomic E-state index is 0.316. The number of ether oxygens (including phenoxy) is 2. The zero-order valence-corrected chi connectivity index (χ0v) is 13.8. The molecule has 0 aliphatic carbocycles. The molecule has 6 heteroatoms. The average molecular weight is 363 g/mol. The summed E-state index contributed by atoms with van der Waals surface area (Å²) in [7, 11) is 3.13. The molecule has 1 amide bonds. The first kappa shape index (κ1) is 16.0. The van der Waals surface area contributed by atoms with E-state index in [1.807, 2.05) is 18.2 Å². The summed E-state index contributed by atoms with van der Waals surface area (Å²) < 4.78 is 11.2. The van der Waals surface area contributed by atoms with Gasteiger partial charge in [-0.25, -0.2) is 5.43 Å². The second-order valence-corrected chi connectivity index (χ2v) is 5.23. The van der Waals surface area contributed by atoms with Crippen molar-refractivity contribution in [3.8, 4) is 11.5 Å². The van der Waals surface area contributed by atoms with E-state index in [0.717, 1.165) is 10.0 Å². The van der Waals surface area contributed by atoms with Crippen molar-refractivity contribution in [2.24, 2.45) is 5.10 Å². The van der Waals surface area contributed by atoms with Gasteiger partial charge in [-0.15, -0.1) is 0 Å². The normalized spacial score (nSPS) is 10.5. The van der Waals surface area contributed by atoms with Gasteiger partial charge in [0.05, 0.1) is 20.4 Å². The van der Waals surface area contributed by atoms with Crippen molar-refractivity contribution in [2.75, 3.05) is 14.2 Å². The lowest BCUT2D eigenvalue weighted by Gasteiger charge is -2.05. The Bertz CT molecular complexity index is 702. The Balaban J connectivity index is 2.08. The number of benzene rings is 2. The number of nitrogens with one attached hydrogen (secondary N) is 1. The van der Waals surface area contributed by atoms with Gasteiger partial charge in [-0.2, -0.15) is 5.10 Å². The summed E-state index contributed by atoms with van der Waals surface area (Å²) in [6.07, 6.45) is 1.53. The predicted octanol–water partition coefficient (Wildman–Crippen LogP) is 3.23. The van der Waals surface area contributed by atoms with E-state index in [2.05, 4.69) is 26.5 Å². The highest BCUT2D eigenvalue weighted by atomic mass is 79.9. The highest BCUT2D eigenvalue weighted by molar-refractivity contribution is 9.10. The topological polar surface area (TPSA) is 59.9 Å². The molecule has 2 aromatic carbocycles. The number of amides is 1. The molecule has 0 saturated heterocycles. The fourth-order valence-electron chi connectivity index (χ4n) is 1.80. The van der Waals surface area contributed by atoms with Crippen LogP contribution in [0, 0.1) is 0 Å². The summed E-state index contributed by atoms with van der Waals surface area (Å²) in [4.78, 5) is 12.0. The second kappa shape index (κ2) is 7.61. The lowest BCUT2D eigenvalue weighted by atomic mass is 10.2. The minimum Gasteiger partial charge on any atom is -0.497 e. The molecule has 114 valence electrons. The van der Waals surface area contributed by atoms with Crippen molar-refractivity contribution in [3.63, 3.8) is 0 Å². The fraction of sp³-hybridized carbons (Fsp3) is 0.125. The summed E-state index contributed by atoms with van der Waals surface area (Å²) in [6, 6.07) is 12.4. The van der Waals surface area contributed by atoms with Gasteiger partial charge >= 0.3 is 0 Å². The number of hydrazone groups is 1. The molecule has 0 fully saturated rings. The molecule has 5 nitrogen and oxygen atoms in total. The number of carbonyl (C=O) groups excluding carboxylic acids is 1. The monoisotopic (exact) mass is 362 g/mol. The third-order valence-corrected chi connectivity index (χ3v) is 3.39. The molecule has 0 aliphatic rings. The summed E-state index contributed by atoms with van der Waals surface area (Å²) >= 11 is 3.38. The van der Waals surface area contributed by atoms with Crippen LogP contribution in [-0.2, 0) is 0 Å². The number of hydrogen-bond acceptors (Lipinski definition) is 4. The van der Waals surface area contributed by atoms with Crippen LogP contribution in [0.15, 0.2) is 52.0 Å². The van der Waals surface area contributed by atoms with Gasteiger partial charge in [0.2, 0.25) is 0 Å². The van der Waals surface area contributed by atoms with E-state index < -0.39 is 0 Å². The highest BCUT2D eigenvalue weighted by Crippen LogP contribution is 2.21. The van der Waals surface area contributed by atoms with Crippen LogP contribution in [0.5, 0.6) is 11.5 Å². The molecule has 0 heterocycles. The van der Waals surface area contributed by atoms with Crippen molar-refractivity contribution in [1.29, 1.82) is 0 Å². The van der Waals surface area contributed by atoms with E-state index in [0.29, 0.717) is 17.1 Å². The van der Waals surface area contributed by atoms with Gasteiger partial charge in [-0.1, -0.05) is 22.0 Å². The van der Waals surface area contributed by atoms with Gasteiger partial charge in [-0.05, 0) is 36.4 Å². The van der Waals surface area contributed by atoms with Crippen molar-refractivity contribution >= 4 is 28.1 Å². The van der Waals surface area contributed by atoms with Crippen LogP contribution >= 0.6 is 15.9 Å². The summed E-state index contributed by atoms with van der Waals surface area (Å²) in [6.45, 7) is 0. The molecule has 0 bridgehead atoms. The number of hydrogen-bond donors (Lipinski definition) is 1. The maximum absolute atomic E-state index is 12.0. The summed E-state index contributed by atoms with van der Waals surface area (Å²) in [5.41, 5.74) is 3.70. The van der Waals surface area contributed by atoms with Crippen LogP contribution in [0.3, 0.4) is 0 Å². The Morgan fingerprint density at radius 2 is 2.00 bits per heavy atom. The molecular formula is C16H15BrN2O3. The maximum Gasteiger partial charge on any atom is 0.271 e. The molecule has 0 spiro atoms. The standard InChI is InChI=1S/C16H15BrN2O3/c1-21-14-5-3-4-11(9-14)16(20)19-18-10-12-8-13(17)6-7-15(12)22-2/h3-10H,1-2H3,(H,19,20). The van der Waals surface area contributed by atoms with Gasteiger partial charge in [0.15, 0.2) is 0 Å². The van der Waals surface area contributed by atoms with Crippen molar-refractivity contribution in [1.82, 2.24) is 5.43 Å². The molecule has 0 saturated carbocycles. The Kier molecular flexibility index (Phi) is 5.55. The molecule has 0 radical (unpaired) electrons. The van der Waals surface area contributed by atoms with Crippen LogP contribution < -0.4 is 14.9 Å². The number of methoxy groups -OCH3 is 2. The van der Waals surface area contributed by atoms with E-state index in [9.17, 15) is 4.79 Å². The third-order valence-electron chi connectivity index (χ3n) is 2.89. The van der Waals surface area contributed by atoms with Gasteiger partial charge in [0.25, 0.3) is 5.91 Å². The van der Waals surface area contributed by atoms with Gasteiger partial charge < -0.3 is 9.47 Å². The molecular weight excluding hydrogens is 348 g/mol. The summed E-state index contributed by atoms with van der Waals surface area (Å²) in [5.74, 6) is 0.969. The number of halogens is 1. The Labute approximate surface area is 137 Å². The fourth-order valence-corrected chi connectivity index (χ4v) is 2.17. The van der Waals surface area contributed by atoms with E-state index in [4.69, 9.17) is 9.47 Å². The predicted molar refractivity (Wildman–Crippen MR) is 88.7 cm³/mol. The first-order valence-electron chi connectivity index (χ1n) is 6.45. The molecule has 1 N–H and O–H groups in total.